The second-order valence-electron chi connectivity index (χ2n) is 5.79. The normalized spacial score (nSPS) is 15.8. The third kappa shape index (κ3) is 4.31. The third-order valence-corrected chi connectivity index (χ3v) is 4.12. The van der Waals surface area contributed by atoms with Crippen molar-refractivity contribution in [3.63, 3.8) is 0 Å². The first kappa shape index (κ1) is 15.5. The van der Waals surface area contributed by atoms with Gasteiger partial charge in [0.1, 0.15) is 0 Å². The molecular weight excluding hydrogens is 264 g/mol. The predicted octanol–water partition coefficient (Wildman–Crippen LogP) is 3.93. The van der Waals surface area contributed by atoms with Crippen LogP contribution >= 0.6 is 0 Å². The Hall–Kier alpha value is -1.84. The van der Waals surface area contributed by atoms with Crippen molar-refractivity contribution in [2.45, 2.75) is 39.5 Å². The van der Waals surface area contributed by atoms with E-state index in [0.29, 0.717) is 11.3 Å². The van der Waals surface area contributed by atoms with E-state index in [9.17, 15) is 9.59 Å². The first-order chi connectivity index (χ1) is 10.1. The number of hydrogen-bond acceptors (Lipinski definition) is 2. The Morgan fingerprint density at radius 3 is 2.62 bits per heavy atom. The number of likely N-dealkylation sites (tertiary alicyclic amines) is 1. The molecule has 1 aliphatic rings. The number of rotatable bonds is 4. The summed E-state index contributed by atoms with van der Waals surface area (Å²) in [5.74, 6) is 0.770. The van der Waals surface area contributed by atoms with Crippen LogP contribution in [0.4, 0.5) is 10.5 Å². The Balaban J connectivity index is 1.90. The molecule has 0 radical (unpaired) electrons. The number of Topliss-reactive ketones (excluding diaryl/α,β-unsaturated/α-hetero) is 1. The van der Waals surface area contributed by atoms with Crippen LogP contribution in [0, 0.1) is 5.92 Å². The first-order valence-corrected chi connectivity index (χ1v) is 7.77. The van der Waals surface area contributed by atoms with Crippen molar-refractivity contribution in [2.24, 2.45) is 5.92 Å². The molecule has 0 aliphatic carbocycles. The monoisotopic (exact) mass is 288 g/mol. The molecule has 4 nitrogen and oxygen atoms in total. The van der Waals surface area contributed by atoms with E-state index in [1.807, 2.05) is 11.0 Å². The number of nitrogens with zero attached hydrogens (tertiary/aromatic N) is 1. The zero-order valence-corrected chi connectivity index (χ0v) is 12.9. The molecule has 2 rings (SSSR count). The third-order valence-electron chi connectivity index (χ3n) is 4.12. The Labute approximate surface area is 126 Å². The van der Waals surface area contributed by atoms with Gasteiger partial charge in [0.15, 0.2) is 5.78 Å². The van der Waals surface area contributed by atoms with Crippen LogP contribution in [0.25, 0.3) is 0 Å². The lowest BCUT2D eigenvalue weighted by molar-refractivity contribution is 0.101. The zero-order valence-electron chi connectivity index (χ0n) is 12.9. The maximum absolute atomic E-state index is 12.2. The molecule has 114 valence electrons. The first-order valence-electron chi connectivity index (χ1n) is 7.77. The van der Waals surface area contributed by atoms with Crippen LogP contribution in [0.1, 0.15) is 49.9 Å². The highest BCUT2D eigenvalue weighted by molar-refractivity contribution is 5.96. The Bertz CT molecular complexity index is 505. The summed E-state index contributed by atoms with van der Waals surface area (Å²) in [7, 11) is 0. The molecule has 1 aromatic carbocycles. The Morgan fingerprint density at radius 1 is 1.29 bits per heavy atom. The van der Waals surface area contributed by atoms with Gasteiger partial charge in [-0.25, -0.2) is 4.79 Å². The molecule has 0 atom stereocenters. The number of hydrogen-bond donors (Lipinski definition) is 1. The highest BCUT2D eigenvalue weighted by Gasteiger charge is 2.22. The van der Waals surface area contributed by atoms with E-state index >= 15 is 0 Å². The minimum Gasteiger partial charge on any atom is -0.325 e. The van der Waals surface area contributed by atoms with E-state index in [0.717, 1.165) is 31.8 Å². The van der Waals surface area contributed by atoms with Crippen LogP contribution in [0.5, 0.6) is 0 Å². The number of urea groups is 1. The average Bonchev–Trinajstić information content (AvgIpc) is 2.48. The highest BCUT2D eigenvalue weighted by Crippen LogP contribution is 2.22. The van der Waals surface area contributed by atoms with E-state index in [2.05, 4.69) is 12.2 Å². The molecule has 1 aromatic rings. The van der Waals surface area contributed by atoms with Gasteiger partial charge >= 0.3 is 6.03 Å². The van der Waals surface area contributed by atoms with Crippen LogP contribution in [0.3, 0.4) is 0 Å². The van der Waals surface area contributed by atoms with Crippen LogP contribution in [0.2, 0.25) is 0 Å². The molecular formula is C17H24N2O2. The van der Waals surface area contributed by atoms with Crippen molar-refractivity contribution in [3.05, 3.63) is 29.8 Å². The maximum Gasteiger partial charge on any atom is 0.321 e. The van der Waals surface area contributed by atoms with Crippen molar-refractivity contribution in [2.75, 3.05) is 18.4 Å². The van der Waals surface area contributed by atoms with Gasteiger partial charge in [0.2, 0.25) is 0 Å². The van der Waals surface area contributed by atoms with Crippen molar-refractivity contribution in [1.82, 2.24) is 4.90 Å². The van der Waals surface area contributed by atoms with Crippen molar-refractivity contribution < 1.29 is 9.59 Å². The number of ketones is 1. The topological polar surface area (TPSA) is 49.4 Å². The summed E-state index contributed by atoms with van der Waals surface area (Å²) in [4.78, 5) is 25.5. The van der Waals surface area contributed by atoms with Crippen LogP contribution in [-0.4, -0.2) is 29.8 Å². The molecule has 0 unspecified atom stereocenters. The number of nitrogens with one attached hydrogen (secondary N) is 1. The van der Waals surface area contributed by atoms with Gasteiger partial charge in [0.25, 0.3) is 0 Å². The Kier molecular flexibility index (Phi) is 5.37. The second kappa shape index (κ2) is 7.25. The summed E-state index contributed by atoms with van der Waals surface area (Å²) in [6, 6.07) is 7.03. The summed E-state index contributed by atoms with van der Waals surface area (Å²) < 4.78 is 0. The molecule has 0 aromatic heterocycles. The number of carbonyl (C=O) groups is 2. The van der Waals surface area contributed by atoms with Gasteiger partial charge < -0.3 is 10.2 Å². The van der Waals surface area contributed by atoms with Crippen LogP contribution < -0.4 is 5.32 Å². The largest absolute Gasteiger partial charge is 0.325 e. The minimum absolute atomic E-state index is 0.00600. The van der Waals surface area contributed by atoms with E-state index in [-0.39, 0.29) is 11.8 Å². The van der Waals surface area contributed by atoms with E-state index in [4.69, 9.17) is 0 Å². The van der Waals surface area contributed by atoms with Gasteiger partial charge in [-0.2, -0.15) is 0 Å². The summed E-state index contributed by atoms with van der Waals surface area (Å²) in [6.45, 7) is 5.38. The molecule has 1 aliphatic heterocycles. The van der Waals surface area contributed by atoms with Crippen molar-refractivity contribution >= 4 is 17.5 Å². The van der Waals surface area contributed by atoms with Gasteiger partial charge in [-0.1, -0.05) is 31.9 Å². The molecule has 0 saturated carbocycles. The predicted molar refractivity (Wildman–Crippen MR) is 84.7 cm³/mol. The highest BCUT2D eigenvalue weighted by atomic mass is 16.2. The SMILES string of the molecule is CCCC1CCN(C(=O)Nc2cccc(C(C)=O)c2)CC1. The summed E-state index contributed by atoms with van der Waals surface area (Å²) in [6.07, 6.45) is 4.66. The van der Waals surface area contributed by atoms with Gasteiger partial charge in [-0.15, -0.1) is 0 Å². The van der Waals surface area contributed by atoms with Gasteiger partial charge in [0.05, 0.1) is 0 Å². The number of benzene rings is 1. The molecule has 1 saturated heterocycles. The molecule has 1 fully saturated rings. The van der Waals surface area contributed by atoms with Crippen LogP contribution in [-0.2, 0) is 0 Å². The fraction of sp³-hybridized carbons (Fsp3) is 0.529. The van der Waals surface area contributed by atoms with Crippen molar-refractivity contribution in [1.29, 1.82) is 0 Å². The minimum atomic E-state index is -0.0642. The molecule has 0 spiro atoms. The second-order valence-corrected chi connectivity index (χ2v) is 5.79. The number of carbonyl (C=O) groups excluding carboxylic acids is 2. The van der Waals surface area contributed by atoms with Crippen LogP contribution in [0.15, 0.2) is 24.3 Å². The fourth-order valence-corrected chi connectivity index (χ4v) is 2.85. The summed E-state index contributed by atoms with van der Waals surface area (Å²) in [5.41, 5.74) is 1.30. The Morgan fingerprint density at radius 2 is 2.00 bits per heavy atom. The van der Waals surface area contributed by atoms with Gasteiger partial charge in [0, 0.05) is 24.3 Å². The van der Waals surface area contributed by atoms with Crippen molar-refractivity contribution in [3.8, 4) is 0 Å². The zero-order chi connectivity index (χ0) is 15.2. The number of anilines is 1. The van der Waals surface area contributed by atoms with Gasteiger partial charge in [-0.05, 0) is 37.8 Å². The number of piperidine rings is 1. The maximum atomic E-state index is 12.2. The lowest BCUT2D eigenvalue weighted by atomic mass is 9.93. The molecule has 1 N–H and O–H groups in total. The lowest BCUT2D eigenvalue weighted by Gasteiger charge is -2.32. The molecule has 21 heavy (non-hydrogen) atoms. The summed E-state index contributed by atoms with van der Waals surface area (Å²) >= 11 is 0. The van der Waals surface area contributed by atoms with Gasteiger partial charge in [-0.3, -0.25) is 4.79 Å². The van der Waals surface area contributed by atoms with E-state index in [1.54, 1.807) is 18.2 Å². The smallest absolute Gasteiger partial charge is 0.321 e. The molecule has 2 amide bonds. The molecule has 0 bridgehead atoms. The standard InChI is InChI=1S/C17H24N2O2/c1-3-5-14-8-10-19(11-9-14)17(21)18-16-7-4-6-15(12-16)13(2)20/h4,6-7,12,14H,3,5,8-11H2,1-2H3,(H,18,21). The average molecular weight is 288 g/mol. The molecule has 1 heterocycles. The quantitative estimate of drug-likeness (QED) is 0.853. The number of amides is 2. The van der Waals surface area contributed by atoms with E-state index < -0.39 is 0 Å². The summed E-state index contributed by atoms with van der Waals surface area (Å²) in [5, 5.41) is 2.89. The molecule has 4 heteroatoms. The fourth-order valence-electron chi connectivity index (χ4n) is 2.85. The van der Waals surface area contributed by atoms with E-state index in [1.165, 1.54) is 19.8 Å². The lowest BCUT2D eigenvalue weighted by Crippen LogP contribution is -2.41.